The van der Waals surface area contributed by atoms with Gasteiger partial charge in [0.15, 0.2) is 0 Å². The Morgan fingerprint density at radius 1 is 1.11 bits per heavy atom. The smallest absolute Gasteiger partial charge is 0.230 e. The lowest BCUT2D eigenvalue weighted by Gasteiger charge is -2.29. The van der Waals surface area contributed by atoms with Crippen molar-refractivity contribution in [2.45, 2.75) is 38.5 Å². The average Bonchev–Trinajstić information content (AvgIpc) is 2.70. The largest absolute Gasteiger partial charge is 0.383 e. The molecule has 1 heterocycles. The molecule has 0 radical (unpaired) electrons. The average molecular weight is 258 g/mol. The van der Waals surface area contributed by atoms with E-state index in [1.807, 2.05) is 17.0 Å². The van der Waals surface area contributed by atoms with E-state index in [-0.39, 0.29) is 5.92 Å². The Kier molecular flexibility index (Phi) is 3.72. The van der Waals surface area contributed by atoms with Gasteiger partial charge in [-0.1, -0.05) is 31.4 Å². The van der Waals surface area contributed by atoms with Crippen LogP contribution in [0.15, 0.2) is 24.3 Å². The summed E-state index contributed by atoms with van der Waals surface area (Å²) in [7, 11) is 0. The molecule has 3 nitrogen and oxygen atoms in total. The summed E-state index contributed by atoms with van der Waals surface area (Å²) in [5.74, 6) is 0.593. The van der Waals surface area contributed by atoms with Crippen LogP contribution in [0, 0.1) is 5.92 Å². The third-order valence-corrected chi connectivity index (χ3v) is 4.29. The number of benzene rings is 1. The SMILES string of the molecule is O=C(C1CCCCC1)N1CCCNc2ccccc21. The third kappa shape index (κ3) is 2.60. The molecule has 1 aromatic rings. The normalized spacial score (nSPS) is 20.3. The number of rotatable bonds is 1. The molecule has 1 amide bonds. The molecule has 1 N–H and O–H groups in total. The van der Waals surface area contributed by atoms with Crippen molar-refractivity contribution >= 4 is 17.3 Å². The number of carbonyl (C=O) groups excluding carboxylic acids is 1. The predicted octanol–water partition coefficient (Wildman–Crippen LogP) is 3.42. The van der Waals surface area contributed by atoms with Gasteiger partial charge < -0.3 is 10.2 Å². The van der Waals surface area contributed by atoms with Gasteiger partial charge in [0, 0.05) is 19.0 Å². The van der Waals surface area contributed by atoms with Gasteiger partial charge in [-0.3, -0.25) is 4.79 Å². The van der Waals surface area contributed by atoms with Crippen molar-refractivity contribution in [3.8, 4) is 0 Å². The summed E-state index contributed by atoms with van der Waals surface area (Å²) < 4.78 is 0. The van der Waals surface area contributed by atoms with Crippen LogP contribution >= 0.6 is 0 Å². The number of anilines is 2. The summed E-state index contributed by atoms with van der Waals surface area (Å²) in [4.78, 5) is 14.8. The van der Waals surface area contributed by atoms with E-state index >= 15 is 0 Å². The van der Waals surface area contributed by atoms with Crippen LogP contribution in [0.25, 0.3) is 0 Å². The predicted molar refractivity (Wildman–Crippen MR) is 78.5 cm³/mol. The minimum Gasteiger partial charge on any atom is -0.383 e. The van der Waals surface area contributed by atoms with Crippen molar-refractivity contribution in [3.63, 3.8) is 0 Å². The fourth-order valence-corrected chi connectivity index (χ4v) is 3.24. The molecule has 0 aromatic heterocycles. The molecule has 3 rings (SSSR count). The number of amides is 1. The highest BCUT2D eigenvalue weighted by molar-refractivity contribution is 5.98. The number of hydrogen-bond acceptors (Lipinski definition) is 2. The zero-order valence-corrected chi connectivity index (χ0v) is 11.4. The van der Waals surface area contributed by atoms with Gasteiger partial charge in [0.05, 0.1) is 11.4 Å². The number of para-hydroxylation sites is 2. The quantitative estimate of drug-likeness (QED) is 0.837. The van der Waals surface area contributed by atoms with Crippen LogP contribution in [0.4, 0.5) is 11.4 Å². The second kappa shape index (κ2) is 5.64. The van der Waals surface area contributed by atoms with Crippen LogP contribution in [-0.2, 0) is 4.79 Å². The van der Waals surface area contributed by atoms with Crippen molar-refractivity contribution in [2.75, 3.05) is 23.3 Å². The second-order valence-corrected chi connectivity index (χ2v) is 5.62. The summed E-state index contributed by atoms with van der Waals surface area (Å²) in [6.45, 7) is 1.80. The molecule has 1 aromatic carbocycles. The van der Waals surface area contributed by atoms with E-state index < -0.39 is 0 Å². The summed E-state index contributed by atoms with van der Waals surface area (Å²) in [6, 6.07) is 8.18. The maximum Gasteiger partial charge on any atom is 0.230 e. The molecular weight excluding hydrogens is 236 g/mol. The first-order chi connectivity index (χ1) is 9.36. The number of hydrogen-bond donors (Lipinski definition) is 1. The van der Waals surface area contributed by atoms with E-state index in [4.69, 9.17) is 0 Å². The van der Waals surface area contributed by atoms with Crippen molar-refractivity contribution in [1.82, 2.24) is 0 Å². The molecule has 2 aliphatic rings. The van der Waals surface area contributed by atoms with Gasteiger partial charge in [-0.25, -0.2) is 0 Å². The van der Waals surface area contributed by atoms with Crippen LogP contribution in [0.1, 0.15) is 38.5 Å². The molecule has 1 saturated carbocycles. The van der Waals surface area contributed by atoms with Crippen LogP contribution in [-0.4, -0.2) is 19.0 Å². The second-order valence-electron chi connectivity index (χ2n) is 5.62. The van der Waals surface area contributed by atoms with E-state index in [0.29, 0.717) is 5.91 Å². The minimum absolute atomic E-state index is 0.250. The first-order valence-electron chi connectivity index (χ1n) is 7.50. The number of carbonyl (C=O) groups is 1. The first-order valence-corrected chi connectivity index (χ1v) is 7.50. The Morgan fingerprint density at radius 2 is 1.89 bits per heavy atom. The van der Waals surface area contributed by atoms with Crippen molar-refractivity contribution in [1.29, 1.82) is 0 Å². The van der Waals surface area contributed by atoms with Gasteiger partial charge >= 0.3 is 0 Å². The molecular formula is C16H22N2O. The molecule has 19 heavy (non-hydrogen) atoms. The Hall–Kier alpha value is -1.51. The van der Waals surface area contributed by atoms with Gasteiger partial charge in [0.1, 0.15) is 0 Å². The first kappa shape index (κ1) is 12.5. The van der Waals surface area contributed by atoms with E-state index in [0.717, 1.165) is 43.7 Å². The fourth-order valence-electron chi connectivity index (χ4n) is 3.24. The number of fused-ring (bicyclic) bond motifs is 1. The molecule has 0 bridgehead atoms. The van der Waals surface area contributed by atoms with Crippen LogP contribution < -0.4 is 10.2 Å². The lowest BCUT2D eigenvalue weighted by molar-refractivity contribution is -0.123. The molecule has 0 atom stereocenters. The number of nitrogens with zero attached hydrogens (tertiary/aromatic N) is 1. The van der Waals surface area contributed by atoms with Gasteiger partial charge in [-0.05, 0) is 31.4 Å². The fraction of sp³-hybridized carbons (Fsp3) is 0.562. The standard InChI is InChI=1S/C16H22N2O/c19-16(13-7-2-1-3-8-13)18-12-6-11-17-14-9-4-5-10-15(14)18/h4-5,9-10,13,17H,1-3,6-8,11-12H2. The maximum absolute atomic E-state index is 12.8. The Balaban J connectivity index is 1.84. The highest BCUT2D eigenvalue weighted by Gasteiger charge is 2.28. The molecule has 0 unspecified atom stereocenters. The van der Waals surface area contributed by atoms with E-state index in [9.17, 15) is 4.79 Å². The highest BCUT2D eigenvalue weighted by Crippen LogP contribution is 2.32. The zero-order valence-electron chi connectivity index (χ0n) is 11.4. The van der Waals surface area contributed by atoms with Gasteiger partial charge in [-0.2, -0.15) is 0 Å². The third-order valence-electron chi connectivity index (χ3n) is 4.29. The van der Waals surface area contributed by atoms with Crippen molar-refractivity contribution in [3.05, 3.63) is 24.3 Å². The van der Waals surface area contributed by atoms with E-state index in [1.54, 1.807) is 0 Å². The summed E-state index contributed by atoms with van der Waals surface area (Å²) in [6.07, 6.45) is 6.89. The topological polar surface area (TPSA) is 32.3 Å². The van der Waals surface area contributed by atoms with Crippen molar-refractivity contribution < 1.29 is 4.79 Å². The summed E-state index contributed by atoms with van der Waals surface area (Å²) >= 11 is 0. The molecule has 1 aliphatic heterocycles. The van der Waals surface area contributed by atoms with Crippen LogP contribution in [0.3, 0.4) is 0 Å². The molecule has 1 aliphatic carbocycles. The number of nitrogens with one attached hydrogen (secondary N) is 1. The minimum atomic E-state index is 0.250. The van der Waals surface area contributed by atoms with E-state index in [1.165, 1.54) is 19.3 Å². The Morgan fingerprint density at radius 3 is 2.74 bits per heavy atom. The lowest BCUT2D eigenvalue weighted by Crippen LogP contribution is -2.37. The van der Waals surface area contributed by atoms with Crippen LogP contribution in [0.5, 0.6) is 0 Å². The molecule has 102 valence electrons. The van der Waals surface area contributed by atoms with E-state index in [2.05, 4.69) is 17.4 Å². The van der Waals surface area contributed by atoms with Gasteiger partial charge in [0.25, 0.3) is 0 Å². The highest BCUT2D eigenvalue weighted by atomic mass is 16.2. The van der Waals surface area contributed by atoms with Crippen molar-refractivity contribution in [2.24, 2.45) is 5.92 Å². The molecule has 3 heteroatoms. The summed E-state index contributed by atoms with van der Waals surface area (Å²) in [5.41, 5.74) is 2.17. The molecule has 0 spiro atoms. The lowest BCUT2D eigenvalue weighted by atomic mass is 9.88. The Bertz CT molecular complexity index is 452. The monoisotopic (exact) mass is 258 g/mol. The zero-order chi connectivity index (χ0) is 13.1. The van der Waals surface area contributed by atoms with Gasteiger partial charge in [-0.15, -0.1) is 0 Å². The van der Waals surface area contributed by atoms with Gasteiger partial charge in [0.2, 0.25) is 5.91 Å². The maximum atomic E-state index is 12.8. The molecule has 0 saturated heterocycles. The Labute approximate surface area is 115 Å². The molecule has 1 fully saturated rings. The van der Waals surface area contributed by atoms with Crippen LogP contribution in [0.2, 0.25) is 0 Å². The summed E-state index contributed by atoms with van der Waals surface area (Å²) in [5, 5.41) is 3.42.